The van der Waals surface area contributed by atoms with E-state index in [-0.39, 0.29) is 0 Å². The van der Waals surface area contributed by atoms with E-state index in [9.17, 15) is 0 Å². The highest BCUT2D eigenvalue weighted by atomic mass is 15.1. The maximum absolute atomic E-state index is 9.02. The Labute approximate surface area is 126 Å². The molecule has 0 radical (unpaired) electrons. The fraction of sp³-hybridized carbons (Fsp3) is 0.278. The number of nitriles is 1. The zero-order valence-electron chi connectivity index (χ0n) is 12.4. The minimum Gasteiger partial charge on any atom is -0.398 e. The van der Waals surface area contributed by atoms with Gasteiger partial charge in [0.2, 0.25) is 0 Å². The van der Waals surface area contributed by atoms with Gasteiger partial charge >= 0.3 is 0 Å². The molecule has 0 saturated heterocycles. The van der Waals surface area contributed by atoms with Crippen molar-refractivity contribution in [2.45, 2.75) is 26.4 Å². The predicted molar refractivity (Wildman–Crippen MR) is 86.4 cm³/mol. The Morgan fingerprint density at radius 3 is 2.52 bits per heavy atom. The van der Waals surface area contributed by atoms with Crippen LogP contribution in [0, 0.1) is 11.3 Å². The fourth-order valence-corrected chi connectivity index (χ4v) is 2.42. The molecule has 2 aromatic rings. The molecule has 0 spiro atoms. The number of anilines is 1. The summed E-state index contributed by atoms with van der Waals surface area (Å²) in [6.45, 7) is 4.84. The van der Waals surface area contributed by atoms with Crippen LogP contribution < -0.4 is 5.73 Å². The van der Waals surface area contributed by atoms with Gasteiger partial charge in [0.05, 0.1) is 11.6 Å². The molecule has 0 amide bonds. The van der Waals surface area contributed by atoms with Gasteiger partial charge in [0.1, 0.15) is 0 Å². The lowest BCUT2D eigenvalue weighted by molar-refractivity contribution is 0.258. The van der Waals surface area contributed by atoms with Crippen molar-refractivity contribution in [3.63, 3.8) is 0 Å². The van der Waals surface area contributed by atoms with Crippen molar-refractivity contribution in [2.75, 3.05) is 12.3 Å². The van der Waals surface area contributed by atoms with Gasteiger partial charge in [-0.15, -0.1) is 0 Å². The number of rotatable bonds is 6. The van der Waals surface area contributed by atoms with Gasteiger partial charge in [-0.05, 0) is 42.3 Å². The SMILES string of the molecule is CCCN(Cc1ccccc1)Cc1cc(C#N)ccc1N. The molecule has 0 bridgehead atoms. The second-order valence-corrected chi connectivity index (χ2v) is 5.22. The van der Waals surface area contributed by atoms with Crippen LogP contribution in [0.15, 0.2) is 48.5 Å². The van der Waals surface area contributed by atoms with E-state index >= 15 is 0 Å². The molecule has 0 unspecified atom stereocenters. The smallest absolute Gasteiger partial charge is 0.0991 e. The van der Waals surface area contributed by atoms with E-state index in [1.807, 2.05) is 18.2 Å². The molecule has 2 N–H and O–H groups in total. The van der Waals surface area contributed by atoms with Crippen LogP contribution in [0.4, 0.5) is 5.69 Å². The van der Waals surface area contributed by atoms with Crippen LogP contribution in [0.3, 0.4) is 0 Å². The first-order chi connectivity index (χ1) is 10.2. The van der Waals surface area contributed by atoms with E-state index in [4.69, 9.17) is 11.0 Å². The van der Waals surface area contributed by atoms with E-state index in [1.165, 1.54) is 5.56 Å². The highest BCUT2D eigenvalue weighted by Crippen LogP contribution is 2.18. The molecular formula is C18H21N3. The molecule has 21 heavy (non-hydrogen) atoms. The van der Waals surface area contributed by atoms with E-state index in [1.54, 1.807) is 6.07 Å². The van der Waals surface area contributed by atoms with Crippen LogP contribution in [-0.4, -0.2) is 11.4 Å². The molecule has 0 aromatic heterocycles. The predicted octanol–water partition coefficient (Wildman–Crippen LogP) is 3.55. The zero-order valence-corrected chi connectivity index (χ0v) is 12.4. The summed E-state index contributed by atoms with van der Waals surface area (Å²) in [7, 11) is 0. The first-order valence-electron chi connectivity index (χ1n) is 7.27. The monoisotopic (exact) mass is 279 g/mol. The van der Waals surface area contributed by atoms with Crippen molar-refractivity contribution in [3.8, 4) is 6.07 Å². The average Bonchev–Trinajstić information content (AvgIpc) is 2.51. The maximum Gasteiger partial charge on any atom is 0.0991 e. The van der Waals surface area contributed by atoms with Crippen LogP contribution in [0.25, 0.3) is 0 Å². The number of benzene rings is 2. The molecule has 0 aliphatic rings. The number of nitrogens with two attached hydrogens (primary N) is 1. The minimum absolute atomic E-state index is 0.662. The largest absolute Gasteiger partial charge is 0.398 e. The standard InChI is InChI=1S/C18H21N3/c1-2-10-21(13-15-6-4-3-5-7-15)14-17-11-16(12-19)8-9-18(17)20/h3-9,11H,2,10,13-14,20H2,1H3. The molecule has 2 rings (SSSR count). The number of hydrogen-bond donors (Lipinski definition) is 1. The molecular weight excluding hydrogens is 258 g/mol. The Bertz CT molecular complexity index is 614. The molecule has 2 aromatic carbocycles. The second kappa shape index (κ2) is 7.47. The molecule has 0 heterocycles. The average molecular weight is 279 g/mol. The Morgan fingerprint density at radius 1 is 1.10 bits per heavy atom. The molecule has 0 aliphatic carbocycles. The van der Waals surface area contributed by atoms with Crippen molar-refractivity contribution in [3.05, 3.63) is 65.2 Å². The minimum atomic E-state index is 0.662. The van der Waals surface area contributed by atoms with Crippen molar-refractivity contribution in [2.24, 2.45) is 0 Å². The van der Waals surface area contributed by atoms with Gasteiger partial charge in [0.15, 0.2) is 0 Å². The van der Waals surface area contributed by atoms with Crippen LogP contribution in [0.2, 0.25) is 0 Å². The van der Waals surface area contributed by atoms with E-state index in [0.717, 1.165) is 37.3 Å². The van der Waals surface area contributed by atoms with E-state index in [2.05, 4.69) is 42.2 Å². The van der Waals surface area contributed by atoms with Crippen molar-refractivity contribution < 1.29 is 0 Å². The topological polar surface area (TPSA) is 53.0 Å². The zero-order chi connectivity index (χ0) is 15.1. The quantitative estimate of drug-likeness (QED) is 0.823. The molecule has 3 nitrogen and oxygen atoms in total. The fourth-order valence-electron chi connectivity index (χ4n) is 2.42. The summed E-state index contributed by atoms with van der Waals surface area (Å²) in [5.41, 5.74) is 9.78. The normalized spacial score (nSPS) is 10.5. The van der Waals surface area contributed by atoms with Gasteiger partial charge in [-0.3, -0.25) is 4.90 Å². The molecule has 3 heteroatoms. The Balaban J connectivity index is 2.14. The van der Waals surface area contributed by atoms with Gasteiger partial charge in [0.25, 0.3) is 0 Å². The highest BCUT2D eigenvalue weighted by molar-refractivity contribution is 5.51. The highest BCUT2D eigenvalue weighted by Gasteiger charge is 2.09. The third-order valence-electron chi connectivity index (χ3n) is 3.45. The number of nitrogen functional groups attached to an aromatic ring is 1. The van der Waals surface area contributed by atoms with E-state index in [0.29, 0.717) is 5.56 Å². The Hall–Kier alpha value is -2.31. The van der Waals surface area contributed by atoms with Crippen LogP contribution in [0.5, 0.6) is 0 Å². The summed E-state index contributed by atoms with van der Waals surface area (Å²) < 4.78 is 0. The molecule has 0 atom stereocenters. The summed E-state index contributed by atoms with van der Waals surface area (Å²) in [6.07, 6.45) is 1.09. The number of nitrogens with zero attached hydrogens (tertiary/aromatic N) is 2. The molecule has 108 valence electrons. The summed E-state index contributed by atoms with van der Waals surface area (Å²) in [4.78, 5) is 2.36. The first kappa shape index (κ1) is 15.1. The Morgan fingerprint density at radius 2 is 1.86 bits per heavy atom. The van der Waals surface area contributed by atoms with Crippen LogP contribution >= 0.6 is 0 Å². The third-order valence-corrected chi connectivity index (χ3v) is 3.45. The van der Waals surface area contributed by atoms with Gasteiger partial charge in [0, 0.05) is 18.8 Å². The van der Waals surface area contributed by atoms with Gasteiger partial charge < -0.3 is 5.73 Å². The van der Waals surface area contributed by atoms with Gasteiger partial charge in [-0.25, -0.2) is 0 Å². The lowest BCUT2D eigenvalue weighted by Gasteiger charge is -2.22. The molecule has 0 saturated carbocycles. The lowest BCUT2D eigenvalue weighted by atomic mass is 10.1. The third kappa shape index (κ3) is 4.34. The lowest BCUT2D eigenvalue weighted by Crippen LogP contribution is -2.24. The van der Waals surface area contributed by atoms with E-state index < -0.39 is 0 Å². The first-order valence-corrected chi connectivity index (χ1v) is 7.27. The second-order valence-electron chi connectivity index (χ2n) is 5.22. The summed E-state index contributed by atoms with van der Waals surface area (Å²) >= 11 is 0. The van der Waals surface area contributed by atoms with Gasteiger partial charge in [-0.1, -0.05) is 37.3 Å². The van der Waals surface area contributed by atoms with Crippen LogP contribution in [-0.2, 0) is 13.1 Å². The van der Waals surface area contributed by atoms with Crippen molar-refractivity contribution >= 4 is 5.69 Å². The maximum atomic E-state index is 9.02. The number of hydrogen-bond acceptors (Lipinski definition) is 3. The van der Waals surface area contributed by atoms with Crippen molar-refractivity contribution in [1.29, 1.82) is 5.26 Å². The van der Waals surface area contributed by atoms with Crippen LogP contribution in [0.1, 0.15) is 30.0 Å². The molecule has 0 fully saturated rings. The molecule has 0 aliphatic heterocycles. The van der Waals surface area contributed by atoms with Gasteiger partial charge in [-0.2, -0.15) is 5.26 Å². The summed E-state index contributed by atoms with van der Waals surface area (Å²) in [5, 5.41) is 9.02. The summed E-state index contributed by atoms with van der Waals surface area (Å²) in [6, 6.07) is 18.1. The van der Waals surface area contributed by atoms with Crippen molar-refractivity contribution in [1.82, 2.24) is 4.90 Å². The Kier molecular flexibility index (Phi) is 5.36. The summed E-state index contributed by atoms with van der Waals surface area (Å²) in [5.74, 6) is 0.